The largest absolute Gasteiger partial charge is 0.326 e. The minimum atomic E-state index is 0.562. The molecule has 1 aromatic carbocycles. The first-order valence-electron chi connectivity index (χ1n) is 4.94. The summed E-state index contributed by atoms with van der Waals surface area (Å²) in [5, 5.41) is 1.11. The van der Waals surface area contributed by atoms with Gasteiger partial charge in [-0.3, -0.25) is 0 Å². The van der Waals surface area contributed by atoms with E-state index in [0.717, 1.165) is 16.3 Å². The van der Waals surface area contributed by atoms with Gasteiger partial charge in [0.1, 0.15) is 0 Å². The Bertz CT molecular complexity index is 474. The third-order valence-corrected chi connectivity index (χ3v) is 3.28. The molecule has 0 fully saturated rings. The number of benzene rings is 1. The van der Waals surface area contributed by atoms with Gasteiger partial charge in [0.05, 0.1) is 10.7 Å². The van der Waals surface area contributed by atoms with Gasteiger partial charge in [-0.15, -0.1) is 11.3 Å². The van der Waals surface area contributed by atoms with Crippen LogP contribution in [0.25, 0.3) is 11.3 Å². The van der Waals surface area contributed by atoms with Gasteiger partial charge in [-0.2, -0.15) is 0 Å². The summed E-state index contributed by atoms with van der Waals surface area (Å²) in [6.07, 6.45) is 0. The first kappa shape index (κ1) is 10.3. The molecule has 0 atom stereocenters. The lowest BCUT2D eigenvalue weighted by atomic mass is 10.0. The highest BCUT2D eigenvalue weighted by molar-refractivity contribution is 7.11. The molecule has 15 heavy (non-hydrogen) atoms. The van der Waals surface area contributed by atoms with Gasteiger partial charge in [-0.1, -0.05) is 24.3 Å². The van der Waals surface area contributed by atoms with Crippen molar-refractivity contribution in [3.05, 3.63) is 39.7 Å². The average Bonchev–Trinajstić information content (AvgIpc) is 2.57. The summed E-state index contributed by atoms with van der Waals surface area (Å²) in [5.41, 5.74) is 9.13. The topological polar surface area (TPSA) is 38.9 Å². The van der Waals surface area contributed by atoms with Crippen LogP contribution >= 0.6 is 11.3 Å². The molecule has 0 saturated heterocycles. The fraction of sp³-hybridized carbons (Fsp3) is 0.250. The van der Waals surface area contributed by atoms with Crippen molar-refractivity contribution in [3.63, 3.8) is 0 Å². The van der Waals surface area contributed by atoms with Crippen LogP contribution in [0.3, 0.4) is 0 Å². The molecule has 0 bridgehead atoms. The zero-order valence-electron chi connectivity index (χ0n) is 8.95. The van der Waals surface area contributed by atoms with E-state index >= 15 is 0 Å². The van der Waals surface area contributed by atoms with Gasteiger partial charge in [0.15, 0.2) is 0 Å². The van der Waals surface area contributed by atoms with Crippen LogP contribution in [-0.4, -0.2) is 4.98 Å². The molecule has 0 saturated carbocycles. The van der Waals surface area contributed by atoms with E-state index in [4.69, 9.17) is 5.73 Å². The first-order valence-corrected chi connectivity index (χ1v) is 5.76. The van der Waals surface area contributed by atoms with Crippen LogP contribution in [-0.2, 0) is 6.54 Å². The van der Waals surface area contributed by atoms with Crippen LogP contribution in [0.1, 0.15) is 15.4 Å². The number of aromatic nitrogens is 1. The van der Waals surface area contributed by atoms with Gasteiger partial charge in [0, 0.05) is 17.0 Å². The van der Waals surface area contributed by atoms with Crippen LogP contribution in [0.4, 0.5) is 0 Å². The lowest BCUT2D eigenvalue weighted by Gasteiger charge is -2.05. The van der Waals surface area contributed by atoms with Crippen molar-refractivity contribution in [1.82, 2.24) is 4.98 Å². The van der Waals surface area contributed by atoms with Crippen molar-refractivity contribution in [3.8, 4) is 11.3 Å². The van der Waals surface area contributed by atoms with Gasteiger partial charge in [0.25, 0.3) is 0 Å². The molecule has 0 unspecified atom stereocenters. The summed E-state index contributed by atoms with van der Waals surface area (Å²) in [6, 6.07) is 8.19. The molecule has 2 aromatic rings. The van der Waals surface area contributed by atoms with Gasteiger partial charge in [0.2, 0.25) is 0 Å². The predicted molar refractivity (Wildman–Crippen MR) is 64.9 cm³/mol. The van der Waals surface area contributed by atoms with Crippen molar-refractivity contribution in [2.24, 2.45) is 5.73 Å². The lowest BCUT2D eigenvalue weighted by Crippen LogP contribution is -1.99. The standard InChI is InChI=1S/C12H14N2S/c1-8-12(14-9(2)15-8)11-6-4-3-5-10(11)7-13/h3-6H,7,13H2,1-2H3. The Morgan fingerprint density at radius 2 is 2.00 bits per heavy atom. The number of hydrogen-bond acceptors (Lipinski definition) is 3. The molecule has 0 radical (unpaired) electrons. The summed E-state index contributed by atoms with van der Waals surface area (Å²) in [6.45, 7) is 4.70. The SMILES string of the molecule is Cc1nc(-c2ccccc2CN)c(C)s1. The maximum absolute atomic E-state index is 5.72. The van der Waals surface area contributed by atoms with Crippen LogP contribution in [0.15, 0.2) is 24.3 Å². The number of nitrogens with two attached hydrogens (primary N) is 1. The van der Waals surface area contributed by atoms with Crippen molar-refractivity contribution in [1.29, 1.82) is 0 Å². The zero-order valence-corrected chi connectivity index (χ0v) is 9.77. The van der Waals surface area contributed by atoms with Gasteiger partial charge in [-0.05, 0) is 19.4 Å². The maximum Gasteiger partial charge on any atom is 0.0904 e. The third-order valence-electron chi connectivity index (χ3n) is 2.40. The molecular formula is C12H14N2S. The molecule has 1 aromatic heterocycles. The second-order valence-corrected chi connectivity index (χ2v) is 4.91. The average molecular weight is 218 g/mol. The molecule has 3 heteroatoms. The van der Waals surface area contributed by atoms with E-state index in [1.165, 1.54) is 10.4 Å². The minimum Gasteiger partial charge on any atom is -0.326 e. The third kappa shape index (κ3) is 1.94. The first-order chi connectivity index (χ1) is 7.22. The van der Waals surface area contributed by atoms with E-state index in [9.17, 15) is 0 Å². The molecule has 0 aliphatic carbocycles. The summed E-state index contributed by atoms with van der Waals surface area (Å²) >= 11 is 1.73. The highest BCUT2D eigenvalue weighted by Crippen LogP contribution is 2.29. The fourth-order valence-corrected chi connectivity index (χ4v) is 2.54. The number of thiazole rings is 1. The van der Waals surface area contributed by atoms with Gasteiger partial charge >= 0.3 is 0 Å². The Labute approximate surface area is 93.8 Å². The smallest absolute Gasteiger partial charge is 0.0904 e. The van der Waals surface area contributed by atoms with E-state index in [1.807, 2.05) is 19.1 Å². The number of rotatable bonds is 2. The fourth-order valence-electron chi connectivity index (χ4n) is 1.71. The van der Waals surface area contributed by atoms with Crippen LogP contribution in [0, 0.1) is 13.8 Å². The number of nitrogens with zero attached hydrogens (tertiary/aromatic N) is 1. The summed E-state index contributed by atoms with van der Waals surface area (Å²) in [4.78, 5) is 5.81. The number of aryl methyl sites for hydroxylation is 2. The summed E-state index contributed by atoms with van der Waals surface area (Å²) < 4.78 is 0. The molecular weight excluding hydrogens is 204 g/mol. The molecule has 0 spiro atoms. The monoisotopic (exact) mass is 218 g/mol. The lowest BCUT2D eigenvalue weighted by molar-refractivity contribution is 1.07. The van der Waals surface area contributed by atoms with Crippen molar-refractivity contribution < 1.29 is 0 Å². The van der Waals surface area contributed by atoms with E-state index < -0.39 is 0 Å². The van der Waals surface area contributed by atoms with E-state index in [0.29, 0.717) is 6.54 Å². The van der Waals surface area contributed by atoms with Crippen LogP contribution < -0.4 is 5.73 Å². The molecule has 0 amide bonds. The normalized spacial score (nSPS) is 10.6. The van der Waals surface area contributed by atoms with Crippen LogP contribution in [0.5, 0.6) is 0 Å². The predicted octanol–water partition coefficient (Wildman–Crippen LogP) is 2.89. The van der Waals surface area contributed by atoms with E-state index in [-0.39, 0.29) is 0 Å². The Hall–Kier alpha value is -1.19. The van der Waals surface area contributed by atoms with Crippen LogP contribution in [0.2, 0.25) is 0 Å². The minimum absolute atomic E-state index is 0.562. The Kier molecular flexibility index (Phi) is 2.84. The zero-order chi connectivity index (χ0) is 10.8. The molecule has 2 rings (SSSR count). The maximum atomic E-state index is 5.72. The Morgan fingerprint density at radius 1 is 1.27 bits per heavy atom. The highest BCUT2D eigenvalue weighted by Gasteiger charge is 2.10. The summed E-state index contributed by atoms with van der Waals surface area (Å²) in [7, 11) is 0. The molecule has 0 aliphatic heterocycles. The number of hydrogen-bond donors (Lipinski definition) is 1. The quantitative estimate of drug-likeness (QED) is 0.841. The van der Waals surface area contributed by atoms with E-state index in [2.05, 4.69) is 24.0 Å². The molecule has 1 heterocycles. The van der Waals surface area contributed by atoms with Gasteiger partial charge in [-0.25, -0.2) is 4.98 Å². The Balaban J connectivity index is 2.58. The molecule has 0 aliphatic rings. The van der Waals surface area contributed by atoms with Crippen molar-refractivity contribution >= 4 is 11.3 Å². The highest BCUT2D eigenvalue weighted by atomic mass is 32.1. The second kappa shape index (κ2) is 4.13. The molecule has 2 nitrogen and oxygen atoms in total. The van der Waals surface area contributed by atoms with Crippen molar-refractivity contribution in [2.45, 2.75) is 20.4 Å². The molecule has 78 valence electrons. The van der Waals surface area contributed by atoms with Gasteiger partial charge < -0.3 is 5.73 Å². The Morgan fingerprint density at radius 3 is 2.60 bits per heavy atom. The summed E-state index contributed by atoms with van der Waals surface area (Å²) in [5.74, 6) is 0. The van der Waals surface area contributed by atoms with E-state index in [1.54, 1.807) is 11.3 Å². The second-order valence-electron chi connectivity index (χ2n) is 3.50. The van der Waals surface area contributed by atoms with Crippen molar-refractivity contribution in [2.75, 3.05) is 0 Å². The molecule has 2 N–H and O–H groups in total.